The predicted octanol–water partition coefficient (Wildman–Crippen LogP) is 1.20. The van der Waals surface area contributed by atoms with E-state index in [9.17, 15) is 12.8 Å². The highest BCUT2D eigenvalue weighted by molar-refractivity contribution is 7.89. The van der Waals surface area contributed by atoms with E-state index < -0.39 is 15.8 Å². The van der Waals surface area contributed by atoms with Crippen molar-refractivity contribution in [2.45, 2.75) is 37.4 Å². The number of hydrogen-bond donors (Lipinski definition) is 0. The van der Waals surface area contributed by atoms with Gasteiger partial charge in [0.2, 0.25) is 10.0 Å². The van der Waals surface area contributed by atoms with Crippen molar-refractivity contribution in [2.75, 3.05) is 13.7 Å². The van der Waals surface area contributed by atoms with E-state index in [4.69, 9.17) is 4.74 Å². The standard InChI is InChI=1S/C15H19FN4O3S/c1-11-9-14-17-18-15(10-23-2)19(14)7-8-20(11)24(21,22)13-6-4-3-5-12(13)16/h3-6,11H,7-10H2,1-2H3/t11-/m1/s1. The van der Waals surface area contributed by atoms with Gasteiger partial charge in [-0.1, -0.05) is 12.1 Å². The first kappa shape index (κ1) is 17.0. The van der Waals surface area contributed by atoms with Gasteiger partial charge in [-0.2, -0.15) is 4.31 Å². The number of benzene rings is 1. The molecule has 2 aromatic rings. The summed E-state index contributed by atoms with van der Waals surface area (Å²) in [5, 5.41) is 8.21. The largest absolute Gasteiger partial charge is 0.377 e. The van der Waals surface area contributed by atoms with Crippen LogP contribution in [0.25, 0.3) is 0 Å². The number of fused-ring (bicyclic) bond motifs is 1. The number of halogens is 1. The molecule has 9 heteroatoms. The Kier molecular flexibility index (Phi) is 4.66. The summed E-state index contributed by atoms with van der Waals surface area (Å²) >= 11 is 0. The summed E-state index contributed by atoms with van der Waals surface area (Å²) in [5.74, 6) is 0.624. The highest BCUT2D eigenvalue weighted by Crippen LogP contribution is 2.24. The molecule has 0 saturated carbocycles. The summed E-state index contributed by atoms with van der Waals surface area (Å²) in [6.07, 6.45) is 0.407. The first-order valence-electron chi connectivity index (χ1n) is 7.61. The Labute approximate surface area is 140 Å². The van der Waals surface area contributed by atoms with Crippen LogP contribution in [0, 0.1) is 5.82 Å². The number of methoxy groups -OCH3 is 1. The third-order valence-electron chi connectivity index (χ3n) is 4.11. The van der Waals surface area contributed by atoms with E-state index in [1.807, 2.05) is 4.57 Å². The van der Waals surface area contributed by atoms with E-state index in [1.165, 1.54) is 22.5 Å². The van der Waals surface area contributed by atoms with Crippen LogP contribution in [0.15, 0.2) is 29.2 Å². The number of sulfonamides is 1. The average Bonchev–Trinajstić information content (AvgIpc) is 2.81. The molecule has 3 rings (SSSR count). The SMILES string of the molecule is COCc1nnc2n1CCN(S(=O)(=O)c1ccccc1F)[C@H](C)C2. The van der Waals surface area contributed by atoms with Crippen LogP contribution in [0.2, 0.25) is 0 Å². The van der Waals surface area contributed by atoms with Gasteiger partial charge in [-0.25, -0.2) is 12.8 Å². The van der Waals surface area contributed by atoms with E-state index in [0.717, 1.165) is 6.07 Å². The molecule has 0 spiro atoms. The van der Waals surface area contributed by atoms with Gasteiger partial charge in [0, 0.05) is 32.7 Å². The normalized spacial score (nSPS) is 19.0. The zero-order chi connectivity index (χ0) is 17.3. The Balaban J connectivity index is 1.93. The van der Waals surface area contributed by atoms with Gasteiger partial charge in [0.25, 0.3) is 0 Å². The zero-order valence-corrected chi connectivity index (χ0v) is 14.3. The summed E-state index contributed by atoms with van der Waals surface area (Å²) in [4.78, 5) is -0.299. The lowest BCUT2D eigenvalue weighted by Crippen LogP contribution is -2.40. The molecule has 0 radical (unpaired) electrons. The van der Waals surface area contributed by atoms with Crippen molar-refractivity contribution in [1.29, 1.82) is 0 Å². The minimum atomic E-state index is -3.92. The predicted molar refractivity (Wildman–Crippen MR) is 84.2 cm³/mol. The highest BCUT2D eigenvalue weighted by atomic mass is 32.2. The molecule has 0 amide bonds. The number of hydrogen-bond acceptors (Lipinski definition) is 5. The Bertz CT molecular complexity index is 837. The fourth-order valence-corrected chi connectivity index (χ4v) is 4.63. The molecule has 1 aliphatic heterocycles. The molecule has 1 aromatic carbocycles. The number of nitrogens with zero attached hydrogens (tertiary/aromatic N) is 4. The molecule has 0 fully saturated rings. The van der Waals surface area contributed by atoms with Gasteiger partial charge in [-0.3, -0.25) is 0 Å². The second-order valence-corrected chi connectivity index (χ2v) is 7.58. The summed E-state index contributed by atoms with van der Waals surface area (Å²) in [5.41, 5.74) is 0. The molecule has 1 atom stereocenters. The van der Waals surface area contributed by atoms with Crippen LogP contribution in [0.4, 0.5) is 4.39 Å². The molecule has 0 bridgehead atoms. The average molecular weight is 354 g/mol. The minimum Gasteiger partial charge on any atom is -0.377 e. The molecular weight excluding hydrogens is 335 g/mol. The third kappa shape index (κ3) is 2.94. The van der Waals surface area contributed by atoms with E-state index in [2.05, 4.69) is 10.2 Å². The fraction of sp³-hybridized carbons (Fsp3) is 0.467. The number of aromatic nitrogens is 3. The lowest BCUT2D eigenvalue weighted by atomic mass is 10.2. The third-order valence-corrected chi connectivity index (χ3v) is 6.16. The van der Waals surface area contributed by atoms with Crippen LogP contribution in [0.1, 0.15) is 18.6 Å². The van der Waals surface area contributed by atoms with Gasteiger partial charge in [-0.15, -0.1) is 10.2 Å². The summed E-state index contributed by atoms with van der Waals surface area (Å²) < 4.78 is 48.0. The van der Waals surface area contributed by atoms with Crippen LogP contribution in [0.3, 0.4) is 0 Å². The Morgan fingerprint density at radius 1 is 1.29 bits per heavy atom. The van der Waals surface area contributed by atoms with Gasteiger partial charge in [0.05, 0.1) is 0 Å². The van der Waals surface area contributed by atoms with Gasteiger partial charge < -0.3 is 9.30 Å². The fourth-order valence-electron chi connectivity index (χ4n) is 2.94. The maximum Gasteiger partial charge on any atom is 0.246 e. The molecule has 24 heavy (non-hydrogen) atoms. The maximum atomic E-state index is 14.0. The van der Waals surface area contributed by atoms with Crippen molar-refractivity contribution in [3.63, 3.8) is 0 Å². The minimum absolute atomic E-state index is 0.222. The van der Waals surface area contributed by atoms with Gasteiger partial charge in [-0.05, 0) is 19.1 Å². The van der Waals surface area contributed by atoms with Crippen molar-refractivity contribution >= 4 is 10.0 Å². The quantitative estimate of drug-likeness (QED) is 0.824. The second kappa shape index (κ2) is 6.58. The van der Waals surface area contributed by atoms with Crippen LogP contribution < -0.4 is 0 Å². The molecule has 130 valence electrons. The lowest BCUT2D eigenvalue weighted by Gasteiger charge is -2.25. The van der Waals surface area contributed by atoms with Crippen LogP contribution in [-0.4, -0.2) is 47.2 Å². The van der Waals surface area contributed by atoms with Gasteiger partial charge >= 0.3 is 0 Å². The topological polar surface area (TPSA) is 77.3 Å². The molecule has 1 aliphatic rings. The van der Waals surface area contributed by atoms with E-state index in [1.54, 1.807) is 14.0 Å². The first-order valence-corrected chi connectivity index (χ1v) is 9.05. The second-order valence-electron chi connectivity index (χ2n) is 5.72. The van der Waals surface area contributed by atoms with E-state index in [0.29, 0.717) is 31.2 Å². The number of ether oxygens (including phenoxy) is 1. The summed E-state index contributed by atoms with van der Waals surface area (Å²) in [6.45, 7) is 2.72. The maximum absolute atomic E-state index is 14.0. The highest BCUT2D eigenvalue weighted by Gasteiger charge is 2.34. The van der Waals surface area contributed by atoms with Gasteiger partial charge in [0.1, 0.15) is 23.1 Å². The van der Waals surface area contributed by atoms with Gasteiger partial charge in [0.15, 0.2) is 5.82 Å². The van der Waals surface area contributed by atoms with Crippen molar-refractivity contribution in [3.05, 3.63) is 41.7 Å². The molecule has 0 aliphatic carbocycles. The van der Waals surface area contributed by atoms with Crippen LogP contribution >= 0.6 is 0 Å². The molecule has 0 N–H and O–H groups in total. The Hall–Kier alpha value is -1.84. The molecule has 7 nitrogen and oxygen atoms in total. The first-order chi connectivity index (χ1) is 11.4. The van der Waals surface area contributed by atoms with Crippen LogP contribution in [0.5, 0.6) is 0 Å². The smallest absolute Gasteiger partial charge is 0.246 e. The summed E-state index contributed by atoms with van der Waals surface area (Å²) in [6, 6.07) is 5.08. The zero-order valence-electron chi connectivity index (χ0n) is 13.5. The van der Waals surface area contributed by atoms with Crippen molar-refractivity contribution in [3.8, 4) is 0 Å². The molecule has 0 saturated heterocycles. The molecule has 0 unspecified atom stereocenters. The number of rotatable bonds is 4. The van der Waals surface area contributed by atoms with Crippen molar-refractivity contribution in [2.24, 2.45) is 0 Å². The Morgan fingerprint density at radius 2 is 2.04 bits per heavy atom. The molecule has 1 aromatic heterocycles. The van der Waals surface area contributed by atoms with Crippen molar-refractivity contribution < 1.29 is 17.5 Å². The lowest BCUT2D eigenvalue weighted by molar-refractivity contribution is 0.173. The van der Waals surface area contributed by atoms with Crippen molar-refractivity contribution in [1.82, 2.24) is 19.1 Å². The van der Waals surface area contributed by atoms with Crippen LogP contribution in [-0.2, 0) is 34.3 Å². The summed E-state index contributed by atoms with van der Waals surface area (Å²) in [7, 11) is -2.36. The van der Waals surface area contributed by atoms with E-state index >= 15 is 0 Å². The molecule has 2 heterocycles. The van der Waals surface area contributed by atoms with E-state index in [-0.39, 0.29) is 17.5 Å². The Morgan fingerprint density at radius 3 is 2.75 bits per heavy atom. The molecular formula is C15H19FN4O3S. The monoisotopic (exact) mass is 354 g/mol.